The molecule has 2 aromatic rings. The number of carbonyl (C=O) groups is 1. The number of aliphatic hydroxyl groups excluding tert-OH is 1. The minimum atomic E-state index is -0.323. The molecule has 2 N–H and O–H groups in total. The molecule has 0 unspecified atom stereocenters. The second-order valence-corrected chi connectivity index (χ2v) is 6.86. The van der Waals surface area contributed by atoms with Crippen molar-refractivity contribution in [1.82, 2.24) is 20.1 Å². The van der Waals surface area contributed by atoms with Crippen LogP contribution in [0.25, 0.3) is 0 Å². The number of hydrogen-bond donors (Lipinski definition) is 2. The Bertz CT molecular complexity index is 740. The van der Waals surface area contributed by atoms with Crippen LogP contribution >= 0.6 is 0 Å². The lowest BCUT2D eigenvalue weighted by atomic mass is 10.2. The first-order valence-corrected chi connectivity index (χ1v) is 9.09. The third kappa shape index (κ3) is 5.85. The molecule has 1 aromatic heterocycles. The van der Waals surface area contributed by atoms with Gasteiger partial charge in [0.05, 0.1) is 12.6 Å². The number of piperazine rings is 1. The lowest BCUT2D eigenvalue weighted by molar-refractivity contribution is 0.0747. The topological polar surface area (TPSA) is 81.8 Å². The van der Waals surface area contributed by atoms with Crippen molar-refractivity contribution in [2.45, 2.75) is 26.1 Å². The number of aliphatic hydroxyl groups is 1. The summed E-state index contributed by atoms with van der Waals surface area (Å²) in [6, 6.07) is 5.97. The second-order valence-electron chi connectivity index (χ2n) is 6.86. The Morgan fingerprint density at radius 3 is 2.59 bits per heavy atom. The fourth-order valence-corrected chi connectivity index (χ4v) is 3.06. The molecule has 1 atom stereocenters. The third-order valence-corrected chi connectivity index (χ3v) is 4.50. The smallest absolute Gasteiger partial charge is 0.273 e. The highest BCUT2D eigenvalue weighted by atomic mass is 19.1. The number of amides is 1. The highest BCUT2D eigenvalue weighted by Crippen LogP contribution is 2.10. The summed E-state index contributed by atoms with van der Waals surface area (Å²) < 4.78 is 18.3. The molecule has 1 amide bonds. The summed E-state index contributed by atoms with van der Waals surface area (Å²) in [6.07, 6.45) is 1.04. The molecule has 1 aromatic carbocycles. The number of nitrogens with one attached hydrogen (secondary N) is 1. The Hall–Kier alpha value is -2.29. The Kier molecular flexibility index (Phi) is 6.54. The molecular weight excluding hydrogens is 351 g/mol. The SMILES string of the molecule is C[C@@H](O)CN1CCN(Cc2nc(C(=O)NCc3ccc(F)cc3)co2)CC1. The number of carbonyl (C=O) groups excluding carboxylic acids is 1. The van der Waals surface area contributed by atoms with E-state index in [4.69, 9.17) is 4.42 Å². The van der Waals surface area contributed by atoms with Crippen molar-refractivity contribution < 1.29 is 18.7 Å². The van der Waals surface area contributed by atoms with Gasteiger partial charge in [0.15, 0.2) is 5.69 Å². The van der Waals surface area contributed by atoms with Crippen molar-refractivity contribution in [1.29, 1.82) is 0 Å². The predicted molar refractivity (Wildman–Crippen MR) is 97.5 cm³/mol. The zero-order valence-electron chi connectivity index (χ0n) is 15.4. The van der Waals surface area contributed by atoms with Crippen LogP contribution in [0.1, 0.15) is 28.9 Å². The number of β-amino-alcohol motifs (C(OH)–C–C–N with tert-alkyl or cyclic N) is 1. The predicted octanol–water partition coefficient (Wildman–Crippen LogP) is 1.24. The van der Waals surface area contributed by atoms with Crippen molar-refractivity contribution >= 4 is 5.91 Å². The molecule has 7 nitrogen and oxygen atoms in total. The molecule has 2 heterocycles. The molecule has 0 aliphatic carbocycles. The van der Waals surface area contributed by atoms with Gasteiger partial charge in [-0.2, -0.15) is 0 Å². The van der Waals surface area contributed by atoms with Gasteiger partial charge >= 0.3 is 0 Å². The number of nitrogens with zero attached hydrogens (tertiary/aromatic N) is 3. The van der Waals surface area contributed by atoms with Crippen molar-refractivity contribution in [3.8, 4) is 0 Å². The van der Waals surface area contributed by atoms with Crippen LogP contribution in [0.4, 0.5) is 4.39 Å². The third-order valence-electron chi connectivity index (χ3n) is 4.50. The molecule has 1 fully saturated rings. The molecule has 0 bridgehead atoms. The Morgan fingerprint density at radius 1 is 1.26 bits per heavy atom. The van der Waals surface area contributed by atoms with Gasteiger partial charge in [0.25, 0.3) is 5.91 Å². The first-order valence-electron chi connectivity index (χ1n) is 9.09. The average molecular weight is 376 g/mol. The van der Waals surface area contributed by atoms with Gasteiger partial charge in [-0.1, -0.05) is 12.1 Å². The number of aromatic nitrogens is 1. The number of oxazole rings is 1. The fraction of sp³-hybridized carbons (Fsp3) is 0.474. The summed E-state index contributed by atoms with van der Waals surface area (Å²) in [5.41, 5.74) is 1.04. The van der Waals surface area contributed by atoms with Crippen molar-refractivity contribution in [2.75, 3.05) is 32.7 Å². The number of rotatable bonds is 7. The van der Waals surface area contributed by atoms with E-state index in [1.807, 2.05) is 0 Å². The summed E-state index contributed by atoms with van der Waals surface area (Å²) in [5, 5.41) is 12.2. The van der Waals surface area contributed by atoms with E-state index in [2.05, 4.69) is 20.1 Å². The second kappa shape index (κ2) is 9.07. The molecule has 1 saturated heterocycles. The van der Waals surface area contributed by atoms with Gasteiger partial charge < -0.3 is 14.8 Å². The minimum Gasteiger partial charge on any atom is -0.447 e. The largest absolute Gasteiger partial charge is 0.447 e. The molecule has 0 spiro atoms. The van der Waals surface area contributed by atoms with E-state index in [0.717, 1.165) is 31.7 Å². The van der Waals surface area contributed by atoms with E-state index in [0.29, 0.717) is 25.5 Å². The zero-order valence-corrected chi connectivity index (χ0v) is 15.4. The van der Waals surface area contributed by atoms with E-state index in [1.165, 1.54) is 18.4 Å². The van der Waals surface area contributed by atoms with E-state index in [9.17, 15) is 14.3 Å². The van der Waals surface area contributed by atoms with Crippen LogP contribution in [0.3, 0.4) is 0 Å². The molecule has 1 aliphatic rings. The number of benzene rings is 1. The van der Waals surface area contributed by atoms with Gasteiger partial charge in [0.2, 0.25) is 5.89 Å². The van der Waals surface area contributed by atoms with Gasteiger partial charge in [0, 0.05) is 39.3 Å². The maximum Gasteiger partial charge on any atom is 0.273 e. The molecule has 0 saturated carbocycles. The fourth-order valence-electron chi connectivity index (χ4n) is 3.06. The quantitative estimate of drug-likeness (QED) is 0.757. The highest BCUT2D eigenvalue weighted by Gasteiger charge is 2.20. The monoisotopic (exact) mass is 376 g/mol. The normalized spacial score (nSPS) is 17.0. The van der Waals surface area contributed by atoms with Crippen LogP contribution in [0.5, 0.6) is 0 Å². The van der Waals surface area contributed by atoms with Crippen LogP contribution in [0.15, 0.2) is 34.9 Å². The lowest BCUT2D eigenvalue weighted by Gasteiger charge is -2.34. The van der Waals surface area contributed by atoms with Gasteiger partial charge in [0.1, 0.15) is 12.1 Å². The van der Waals surface area contributed by atoms with Crippen LogP contribution in [-0.2, 0) is 13.1 Å². The zero-order chi connectivity index (χ0) is 19.2. The van der Waals surface area contributed by atoms with Gasteiger partial charge in [-0.25, -0.2) is 9.37 Å². The Balaban J connectivity index is 1.45. The maximum atomic E-state index is 12.9. The molecule has 8 heteroatoms. The van der Waals surface area contributed by atoms with E-state index in [-0.39, 0.29) is 23.5 Å². The van der Waals surface area contributed by atoms with Gasteiger partial charge in [-0.3, -0.25) is 14.6 Å². The van der Waals surface area contributed by atoms with E-state index in [1.54, 1.807) is 19.1 Å². The van der Waals surface area contributed by atoms with Gasteiger partial charge in [-0.05, 0) is 24.6 Å². The van der Waals surface area contributed by atoms with E-state index >= 15 is 0 Å². The molecule has 3 rings (SSSR count). The summed E-state index contributed by atoms with van der Waals surface area (Å²) in [4.78, 5) is 20.9. The first-order chi connectivity index (χ1) is 13.0. The van der Waals surface area contributed by atoms with Crippen LogP contribution in [0.2, 0.25) is 0 Å². The Labute approximate surface area is 157 Å². The summed E-state index contributed by atoms with van der Waals surface area (Å²) in [5.74, 6) is -0.125. The average Bonchev–Trinajstić information content (AvgIpc) is 3.11. The summed E-state index contributed by atoms with van der Waals surface area (Å²) in [7, 11) is 0. The van der Waals surface area contributed by atoms with Crippen LogP contribution < -0.4 is 5.32 Å². The summed E-state index contributed by atoms with van der Waals surface area (Å²) in [6.45, 7) is 6.82. The standard InChI is InChI=1S/C19H25FN4O3/c1-14(25)11-23-6-8-24(9-7-23)12-18-22-17(13-27-18)19(26)21-10-15-2-4-16(20)5-3-15/h2-5,13-14,25H,6-12H2,1H3,(H,21,26)/t14-/m1/s1. The van der Waals surface area contributed by atoms with E-state index < -0.39 is 0 Å². The molecule has 1 aliphatic heterocycles. The van der Waals surface area contributed by atoms with Crippen LogP contribution in [-0.4, -0.2) is 64.6 Å². The number of halogens is 1. The van der Waals surface area contributed by atoms with Crippen molar-refractivity contribution in [2.24, 2.45) is 0 Å². The Morgan fingerprint density at radius 2 is 1.93 bits per heavy atom. The molecule has 146 valence electrons. The first kappa shape index (κ1) is 19.5. The van der Waals surface area contributed by atoms with Gasteiger partial charge in [-0.15, -0.1) is 0 Å². The van der Waals surface area contributed by atoms with Crippen LogP contribution in [0, 0.1) is 5.82 Å². The molecule has 0 radical (unpaired) electrons. The molecular formula is C19H25FN4O3. The lowest BCUT2D eigenvalue weighted by Crippen LogP contribution is -2.47. The highest BCUT2D eigenvalue weighted by molar-refractivity contribution is 5.91. The van der Waals surface area contributed by atoms with Crippen molar-refractivity contribution in [3.05, 3.63) is 53.5 Å². The molecule has 27 heavy (non-hydrogen) atoms. The summed E-state index contributed by atoms with van der Waals surface area (Å²) >= 11 is 0. The maximum absolute atomic E-state index is 12.9. The minimum absolute atomic E-state index is 0.236. The number of hydrogen-bond acceptors (Lipinski definition) is 6. The van der Waals surface area contributed by atoms with Crippen molar-refractivity contribution in [3.63, 3.8) is 0 Å².